The maximum absolute atomic E-state index is 10.5. The van der Waals surface area contributed by atoms with E-state index in [4.69, 9.17) is 21.1 Å². The molecule has 1 rings (SSSR count). The largest absolute Gasteiger partial charge is 0.490 e. The molecule has 0 fully saturated rings. The Morgan fingerprint density at radius 1 is 1.29 bits per heavy atom. The van der Waals surface area contributed by atoms with Gasteiger partial charge in [0.15, 0.2) is 0 Å². The van der Waals surface area contributed by atoms with Crippen LogP contribution in [0.3, 0.4) is 0 Å². The van der Waals surface area contributed by atoms with Crippen LogP contribution >= 0.6 is 11.6 Å². The molecular weight excluding hydrogens is 240 g/mol. The van der Waals surface area contributed by atoms with E-state index in [-0.39, 0.29) is 0 Å². The van der Waals surface area contributed by atoms with Gasteiger partial charge in [0.1, 0.15) is 18.6 Å². The van der Waals surface area contributed by atoms with Gasteiger partial charge < -0.3 is 9.47 Å². The molecule has 0 unspecified atom stereocenters. The predicted molar refractivity (Wildman–Crippen MR) is 68.1 cm³/mol. The highest BCUT2D eigenvalue weighted by molar-refractivity contribution is 6.32. The average Bonchev–Trinajstić information content (AvgIpc) is 2.35. The smallest absolute Gasteiger partial charge is 0.150 e. The zero-order valence-corrected chi connectivity index (χ0v) is 10.7. The van der Waals surface area contributed by atoms with Gasteiger partial charge in [-0.15, -0.1) is 0 Å². The number of unbranched alkanes of at least 4 members (excludes halogenated alkanes) is 1. The fourth-order valence-corrected chi connectivity index (χ4v) is 1.51. The van der Waals surface area contributed by atoms with Gasteiger partial charge in [0.05, 0.1) is 11.6 Å². The summed E-state index contributed by atoms with van der Waals surface area (Å²) in [5.41, 5.74) is 0.543. The molecule has 3 nitrogen and oxygen atoms in total. The molecule has 0 aromatic heterocycles. The van der Waals surface area contributed by atoms with E-state index in [1.54, 1.807) is 18.2 Å². The van der Waals surface area contributed by atoms with Gasteiger partial charge in [-0.1, -0.05) is 24.9 Å². The van der Waals surface area contributed by atoms with Crippen molar-refractivity contribution in [2.75, 3.05) is 19.8 Å². The van der Waals surface area contributed by atoms with Gasteiger partial charge in [0, 0.05) is 12.2 Å². The number of rotatable bonds is 8. The Bertz CT molecular complexity index is 353. The number of hydrogen-bond donors (Lipinski definition) is 0. The quantitative estimate of drug-likeness (QED) is 0.529. The van der Waals surface area contributed by atoms with Gasteiger partial charge in [0.25, 0.3) is 0 Å². The fourth-order valence-electron chi connectivity index (χ4n) is 1.27. The van der Waals surface area contributed by atoms with Crippen LogP contribution in [0.4, 0.5) is 0 Å². The molecule has 0 aliphatic rings. The lowest BCUT2D eigenvalue weighted by molar-refractivity contribution is 0.0980. The van der Waals surface area contributed by atoms with Crippen molar-refractivity contribution in [1.82, 2.24) is 0 Å². The van der Waals surface area contributed by atoms with E-state index in [2.05, 4.69) is 6.92 Å². The highest BCUT2D eigenvalue weighted by atomic mass is 35.5. The Hall–Kier alpha value is -1.06. The van der Waals surface area contributed by atoms with E-state index < -0.39 is 0 Å². The van der Waals surface area contributed by atoms with E-state index in [0.29, 0.717) is 29.5 Å². The van der Waals surface area contributed by atoms with E-state index in [0.717, 1.165) is 25.7 Å². The number of aldehydes is 1. The lowest BCUT2D eigenvalue weighted by atomic mass is 10.2. The summed E-state index contributed by atoms with van der Waals surface area (Å²) in [4.78, 5) is 10.5. The number of hydrogen-bond acceptors (Lipinski definition) is 3. The third kappa shape index (κ3) is 5.20. The van der Waals surface area contributed by atoms with Gasteiger partial charge in [-0.2, -0.15) is 0 Å². The topological polar surface area (TPSA) is 35.5 Å². The van der Waals surface area contributed by atoms with Crippen molar-refractivity contribution in [3.8, 4) is 5.75 Å². The molecule has 1 aromatic rings. The molecular formula is C13H17ClO3. The Balaban J connectivity index is 2.29. The van der Waals surface area contributed by atoms with Crippen LogP contribution < -0.4 is 4.74 Å². The third-order valence-electron chi connectivity index (χ3n) is 2.22. The summed E-state index contributed by atoms with van der Waals surface area (Å²) < 4.78 is 10.8. The molecule has 0 N–H and O–H groups in total. The molecule has 1 aromatic carbocycles. The molecule has 0 atom stereocenters. The lowest BCUT2D eigenvalue weighted by Gasteiger charge is -2.08. The van der Waals surface area contributed by atoms with Gasteiger partial charge in [-0.3, -0.25) is 4.79 Å². The maximum atomic E-state index is 10.5. The minimum Gasteiger partial charge on any atom is -0.490 e. The molecule has 94 valence electrons. The lowest BCUT2D eigenvalue weighted by Crippen LogP contribution is -2.07. The third-order valence-corrected chi connectivity index (χ3v) is 2.51. The van der Waals surface area contributed by atoms with Crippen LogP contribution in [0.2, 0.25) is 5.02 Å². The second kappa shape index (κ2) is 8.09. The summed E-state index contributed by atoms with van der Waals surface area (Å²) in [6, 6.07) is 4.95. The molecule has 0 aliphatic heterocycles. The average molecular weight is 257 g/mol. The number of carbonyl (C=O) groups is 1. The van der Waals surface area contributed by atoms with Crippen LogP contribution in [0.15, 0.2) is 18.2 Å². The Morgan fingerprint density at radius 3 is 2.76 bits per heavy atom. The standard InChI is InChI=1S/C13H17ClO3/c1-2-3-6-16-7-8-17-13-5-4-11(10-15)9-12(13)14/h4-5,9-10H,2-3,6-8H2,1H3. The molecule has 0 spiro atoms. The van der Waals surface area contributed by atoms with E-state index in [1.165, 1.54) is 0 Å². The second-order valence-electron chi connectivity index (χ2n) is 3.62. The van der Waals surface area contributed by atoms with E-state index >= 15 is 0 Å². The highest BCUT2D eigenvalue weighted by Crippen LogP contribution is 2.24. The van der Waals surface area contributed by atoms with Crippen molar-refractivity contribution < 1.29 is 14.3 Å². The number of ether oxygens (including phenoxy) is 2. The van der Waals surface area contributed by atoms with Gasteiger partial charge in [-0.25, -0.2) is 0 Å². The molecule has 0 aliphatic carbocycles. The summed E-state index contributed by atoms with van der Waals surface area (Å²) in [6.07, 6.45) is 2.94. The summed E-state index contributed by atoms with van der Waals surface area (Å²) in [7, 11) is 0. The Labute approximate surface area is 107 Å². The number of benzene rings is 1. The zero-order chi connectivity index (χ0) is 12.5. The summed E-state index contributed by atoms with van der Waals surface area (Å²) in [5, 5.41) is 0.447. The van der Waals surface area contributed by atoms with Crippen molar-refractivity contribution in [2.24, 2.45) is 0 Å². The van der Waals surface area contributed by atoms with Gasteiger partial charge in [0.2, 0.25) is 0 Å². The molecule has 0 bridgehead atoms. The molecule has 0 saturated carbocycles. The van der Waals surface area contributed by atoms with Crippen molar-refractivity contribution in [2.45, 2.75) is 19.8 Å². The first-order chi connectivity index (χ1) is 8.27. The van der Waals surface area contributed by atoms with Crippen molar-refractivity contribution in [3.63, 3.8) is 0 Å². The molecule has 0 amide bonds. The predicted octanol–water partition coefficient (Wildman–Crippen LogP) is 3.35. The minimum atomic E-state index is 0.447. The first-order valence-corrected chi connectivity index (χ1v) is 6.11. The molecule has 4 heteroatoms. The van der Waals surface area contributed by atoms with Crippen molar-refractivity contribution in [1.29, 1.82) is 0 Å². The number of halogens is 1. The maximum Gasteiger partial charge on any atom is 0.150 e. The zero-order valence-electron chi connectivity index (χ0n) is 9.95. The van der Waals surface area contributed by atoms with Crippen LogP contribution in [0.25, 0.3) is 0 Å². The summed E-state index contributed by atoms with van der Waals surface area (Å²) in [5.74, 6) is 0.580. The second-order valence-corrected chi connectivity index (χ2v) is 4.03. The Kier molecular flexibility index (Phi) is 6.67. The summed E-state index contributed by atoms with van der Waals surface area (Å²) >= 11 is 5.95. The van der Waals surface area contributed by atoms with Crippen LogP contribution in [-0.4, -0.2) is 26.1 Å². The first kappa shape index (κ1) is 14.0. The van der Waals surface area contributed by atoms with Crippen LogP contribution in [0, 0.1) is 0 Å². The van der Waals surface area contributed by atoms with E-state index in [1.807, 2.05) is 0 Å². The van der Waals surface area contributed by atoms with Crippen molar-refractivity contribution >= 4 is 17.9 Å². The normalized spacial score (nSPS) is 10.2. The molecule has 0 radical (unpaired) electrons. The van der Waals surface area contributed by atoms with Crippen LogP contribution in [-0.2, 0) is 4.74 Å². The monoisotopic (exact) mass is 256 g/mol. The van der Waals surface area contributed by atoms with E-state index in [9.17, 15) is 4.79 Å². The fraction of sp³-hybridized carbons (Fsp3) is 0.462. The van der Waals surface area contributed by atoms with Gasteiger partial charge in [-0.05, 0) is 24.6 Å². The van der Waals surface area contributed by atoms with Crippen LogP contribution in [0.1, 0.15) is 30.1 Å². The Morgan fingerprint density at radius 2 is 2.12 bits per heavy atom. The van der Waals surface area contributed by atoms with Crippen molar-refractivity contribution in [3.05, 3.63) is 28.8 Å². The van der Waals surface area contributed by atoms with Crippen LogP contribution in [0.5, 0.6) is 5.75 Å². The minimum absolute atomic E-state index is 0.447. The van der Waals surface area contributed by atoms with Gasteiger partial charge >= 0.3 is 0 Å². The molecule has 0 saturated heterocycles. The molecule has 17 heavy (non-hydrogen) atoms. The molecule has 0 heterocycles. The summed E-state index contributed by atoms with van der Waals surface area (Å²) in [6.45, 7) is 3.89. The highest BCUT2D eigenvalue weighted by Gasteiger charge is 2.02. The first-order valence-electron chi connectivity index (χ1n) is 5.73. The number of carbonyl (C=O) groups excluding carboxylic acids is 1. The SMILES string of the molecule is CCCCOCCOc1ccc(C=O)cc1Cl.